The Labute approximate surface area is 391 Å². The molecule has 0 fully saturated rings. The van der Waals surface area contributed by atoms with Crippen LogP contribution in [-0.4, -0.2) is 109 Å². The summed E-state index contributed by atoms with van der Waals surface area (Å²) in [6, 6.07) is 15.1. The van der Waals surface area contributed by atoms with Gasteiger partial charge >= 0.3 is 0 Å². The van der Waals surface area contributed by atoms with Gasteiger partial charge in [0, 0.05) is 43.2 Å². The van der Waals surface area contributed by atoms with E-state index in [0.717, 1.165) is 12.0 Å². The summed E-state index contributed by atoms with van der Waals surface area (Å²) in [7, 11) is 1.42. The molecular weight excluding hydrogens is 855 g/mol. The van der Waals surface area contributed by atoms with Crippen LogP contribution in [0.5, 0.6) is 11.5 Å². The molecule has 1 aliphatic rings. The van der Waals surface area contributed by atoms with Crippen LogP contribution in [0.3, 0.4) is 0 Å². The fraction of sp³-hybridized carbons (Fsp3) is 0.429. The molecule has 1 aromatic heterocycles. The second kappa shape index (κ2) is 23.0. The molecule has 1 aliphatic heterocycles. The Bertz CT molecular complexity index is 2460. The molecule has 18 nitrogen and oxygen atoms in total. The monoisotopic (exact) mass is 917 g/mol. The Morgan fingerprint density at radius 1 is 0.896 bits per heavy atom. The Morgan fingerprint density at radius 2 is 1.51 bits per heavy atom. The number of aromatic nitrogens is 2. The molecule has 0 saturated carbocycles. The summed E-state index contributed by atoms with van der Waals surface area (Å²) in [5.74, 6) is -2.12. The highest BCUT2D eigenvalue weighted by Gasteiger charge is 2.36. The van der Waals surface area contributed by atoms with E-state index in [4.69, 9.17) is 26.7 Å². The SMILES string of the molecule is CCC(C)(C)c1ccc(-c2nc(C)c(C(=O)NC(CCN)C(=O)N(C)[C@@H]3C(=O)N[C@@H](C)C(=O)N[C@H](C(=O)NCC#N)Cc4ccc(OCCN)c(c4)-c4cc3ccc4OCCN)c(C)n2)cc1. The Balaban J connectivity index is 1.56. The van der Waals surface area contributed by atoms with Gasteiger partial charge in [0.15, 0.2) is 5.82 Å². The summed E-state index contributed by atoms with van der Waals surface area (Å²) in [5, 5.41) is 19.9. The normalized spacial score (nSPS) is 16.6. The summed E-state index contributed by atoms with van der Waals surface area (Å²) < 4.78 is 12.2. The minimum atomic E-state index is -1.41. The van der Waals surface area contributed by atoms with Gasteiger partial charge in [0.05, 0.1) is 23.0 Å². The number of rotatable bonds is 17. The van der Waals surface area contributed by atoms with Crippen LogP contribution in [0.4, 0.5) is 0 Å². The van der Waals surface area contributed by atoms with Crippen molar-refractivity contribution in [3.8, 4) is 40.1 Å². The number of nitrogens with two attached hydrogens (primary N) is 3. The number of nitriles is 1. The Kier molecular flexibility index (Phi) is 17.5. The van der Waals surface area contributed by atoms with Crippen LogP contribution in [0.1, 0.15) is 85.0 Å². The highest BCUT2D eigenvalue weighted by Crippen LogP contribution is 2.40. The van der Waals surface area contributed by atoms with Crippen LogP contribution in [-0.2, 0) is 31.0 Å². The van der Waals surface area contributed by atoms with Gasteiger partial charge in [-0.3, -0.25) is 24.0 Å². The lowest BCUT2D eigenvalue weighted by Gasteiger charge is -2.32. The molecule has 4 atom stereocenters. The molecule has 67 heavy (non-hydrogen) atoms. The van der Waals surface area contributed by atoms with Crippen LogP contribution in [0.25, 0.3) is 22.5 Å². The molecule has 0 spiro atoms. The number of fused-ring (bicyclic) bond motifs is 5. The maximum atomic E-state index is 14.7. The average Bonchev–Trinajstić information content (AvgIpc) is 3.31. The number of nitrogens with zero attached hydrogens (tertiary/aromatic N) is 4. The molecule has 18 heteroatoms. The summed E-state index contributed by atoms with van der Waals surface area (Å²) in [6.07, 6.45) is 0.970. The quantitative estimate of drug-likeness (QED) is 0.0752. The van der Waals surface area contributed by atoms with Gasteiger partial charge in [0.2, 0.25) is 23.6 Å². The van der Waals surface area contributed by atoms with Crippen LogP contribution in [0.15, 0.2) is 60.7 Å². The molecule has 0 aliphatic carbocycles. The molecule has 356 valence electrons. The van der Waals surface area contributed by atoms with E-state index in [1.165, 1.54) is 24.4 Å². The zero-order valence-corrected chi connectivity index (χ0v) is 39.3. The maximum Gasteiger partial charge on any atom is 0.255 e. The number of nitrogens with one attached hydrogen (secondary N) is 4. The van der Waals surface area contributed by atoms with Crippen molar-refractivity contribution < 1.29 is 33.4 Å². The zero-order valence-electron chi connectivity index (χ0n) is 39.3. The van der Waals surface area contributed by atoms with Crippen molar-refractivity contribution in [1.82, 2.24) is 36.1 Å². The number of amides is 5. The third-order valence-electron chi connectivity index (χ3n) is 11.9. The van der Waals surface area contributed by atoms with Gasteiger partial charge in [-0.1, -0.05) is 57.2 Å². The van der Waals surface area contributed by atoms with E-state index < -0.39 is 53.7 Å². The van der Waals surface area contributed by atoms with Crippen molar-refractivity contribution in [2.24, 2.45) is 17.2 Å². The number of carbonyl (C=O) groups is 5. The molecule has 4 bridgehead atoms. The highest BCUT2D eigenvalue weighted by atomic mass is 16.5. The van der Waals surface area contributed by atoms with Crippen molar-refractivity contribution in [2.45, 2.75) is 90.4 Å². The topological polar surface area (TPSA) is 283 Å². The summed E-state index contributed by atoms with van der Waals surface area (Å²) in [6.45, 7) is 11.7. The number of hydrogen-bond donors (Lipinski definition) is 7. The summed E-state index contributed by atoms with van der Waals surface area (Å²) in [5.41, 5.74) is 22.6. The van der Waals surface area contributed by atoms with E-state index in [-0.39, 0.29) is 63.2 Å². The molecule has 5 amide bonds. The third kappa shape index (κ3) is 12.3. The minimum absolute atomic E-state index is 0.000554. The predicted molar refractivity (Wildman–Crippen MR) is 254 cm³/mol. The largest absolute Gasteiger partial charge is 0.492 e. The number of ether oxygens (including phenoxy) is 2. The number of benzene rings is 3. The van der Waals surface area contributed by atoms with E-state index in [9.17, 15) is 29.2 Å². The predicted octanol–water partition coefficient (Wildman–Crippen LogP) is 2.62. The van der Waals surface area contributed by atoms with E-state index in [1.54, 1.807) is 50.2 Å². The van der Waals surface area contributed by atoms with Crippen molar-refractivity contribution in [3.05, 3.63) is 94.3 Å². The standard InChI is InChI=1S/C49H63N11O7/c1-8-49(5,6)34-13-10-32(11-14-34)43-55-28(2)41(29(3)56-43)46(63)58-37(17-18-50)48(65)60(7)42-33-12-16-40(67-24-21-53)36(27-33)35-25-31(9-15-39(35)66-23-20-52)26-38(45(62)54-22-19-51)59-44(61)30(4)57-47(42)64/h9-16,25,27,30,37-38,42H,8,17-18,20-24,26,50,52-53H2,1-7H3,(H,54,62)(H,57,64)(H,58,63)(H,59,61)/t30-,37?,38-,42-/m0/s1. The second-order valence-electron chi connectivity index (χ2n) is 17.1. The fourth-order valence-corrected chi connectivity index (χ4v) is 7.81. The van der Waals surface area contributed by atoms with Crippen molar-refractivity contribution in [3.63, 3.8) is 0 Å². The van der Waals surface area contributed by atoms with Gasteiger partial charge in [-0.2, -0.15) is 5.26 Å². The van der Waals surface area contributed by atoms with Gasteiger partial charge in [-0.05, 0) is 86.5 Å². The first-order valence-corrected chi connectivity index (χ1v) is 22.4. The number of aryl methyl sites for hydroxylation is 2. The Hall–Kier alpha value is -6.94. The van der Waals surface area contributed by atoms with Gasteiger partial charge < -0.3 is 52.8 Å². The molecule has 1 unspecified atom stereocenters. The molecule has 3 aromatic carbocycles. The lowest BCUT2D eigenvalue weighted by atomic mass is 9.82. The lowest BCUT2D eigenvalue weighted by Crippen LogP contribution is -2.56. The number of hydrogen-bond acceptors (Lipinski definition) is 13. The summed E-state index contributed by atoms with van der Waals surface area (Å²) >= 11 is 0. The smallest absolute Gasteiger partial charge is 0.255 e. The van der Waals surface area contributed by atoms with Crippen LogP contribution < -0.4 is 47.9 Å². The molecule has 0 saturated heterocycles. The minimum Gasteiger partial charge on any atom is -0.492 e. The lowest BCUT2D eigenvalue weighted by molar-refractivity contribution is -0.141. The molecule has 10 N–H and O–H groups in total. The molecular formula is C49H63N11O7. The van der Waals surface area contributed by atoms with Gasteiger partial charge in [-0.15, -0.1) is 0 Å². The molecule has 4 aromatic rings. The second-order valence-corrected chi connectivity index (χ2v) is 17.1. The van der Waals surface area contributed by atoms with Crippen LogP contribution in [0.2, 0.25) is 0 Å². The first-order chi connectivity index (χ1) is 32.0. The summed E-state index contributed by atoms with van der Waals surface area (Å²) in [4.78, 5) is 81.2. The highest BCUT2D eigenvalue weighted by molar-refractivity contribution is 6.00. The van der Waals surface area contributed by atoms with Gasteiger partial charge in [0.1, 0.15) is 55.4 Å². The van der Waals surface area contributed by atoms with Crippen LogP contribution >= 0.6 is 0 Å². The van der Waals surface area contributed by atoms with E-state index in [0.29, 0.717) is 51.0 Å². The number of likely N-dealkylation sites (N-methyl/N-ethyl adjacent to an activating group) is 1. The maximum absolute atomic E-state index is 14.7. The Morgan fingerprint density at radius 3 is 2.09 bits per heavy atom. The van der Waals surface area contributed by atoms with E-state index >= 15 is 0 Å². The van der Waals surface area contributed by atoms with Crippen molar-refractivity contribution in [1.29, 1.82) is 5.26 Å². The number of carbonyl (C=O) groups excluding carboxylic acids is 5. The zero-order chi connectivity index (χ0) is 49.0. The van der Waals surface area contributed by atoms with Gasteiger partial charge in [-0.25, -0.2) is 9.97 Å². The average molecular weight is 918 g/mol. The van der Waals surface area contributed by atoms with Crippen molar-refractivity contribution in [2.75, 3.05) is 46.4 Å². The molecule has 5 rings (SSSR count). The van der Waals surface area contributed by atoms with E-state index in [1.807, 2.05) is 18.2 Å². The fourth-order valence-electron chi connectivity index (χ4n) is 7.81. The first-order valence-electron chi connectivity index (χ1n) is 22.4. The van der Waals surface area contributed by atoms with Gasteiger partial charge in [0.25, 0.3) is 5.91 Å². The molecule has 0 radical (unpaired) electrons. The van der Waals surface area contributed by atoms with Crippen molar-refractivity contribution >= 4 is 29.5 Å². The first kappa shape index (κ1) is 51.1. The molecule has 2 heterocycles. The van der Waals surface area contributed by atoms with E-state index in [2.05, 4.69) is 64.1 Å². The third-order valence-corrected chi connectivity index (χ3v) is 11.9. The van der Waals surface area contributed by atoms with Crippen LogP contribution in [0, 0.1) is 25.2 Å².